The molecule has 1 aromatic carbocycles. The Kier molecular flexibility index (Phi) is 7.08. The second-order valence-corrected chi connectivity index (χ2v) is 8.05. The first-order chi connectivity index (χ1) is 14.7. The van der Waals surface area contributed by atoms with E-state index in [0.717, 1.165) is 16.3 Å². The van der Waals surface area contributed by atoms with E-state index in [2.05, 4.69) is 9.72 Å². The van der Waals surface area contributed by atoms with E-state index >= 15 is 0 Å². The lowest BCUT2D eigenvalue weighted by atomic mass is 10.3. The van der Waals surface area contributed by atoms with Crippen LogP contribution in [0.1, 0.15) is 0 Å². The summed E-state index contributed by atoms with van der Waals surface area (Å²) < 4.78 is 13.9. The molecular formula is C19H21ClN4O6S. The van der Waals surface area contributed by atoms with Gasteiger partial charge in [0.05, 0.1) is 19.4 Å². The summed E-state index contributed by atoms with van der Waals surface area (Å²) in [5, 5.41) is 11.4. The third kappa shape index (κ3) is 4.94. The van der Waals surface area contributed by atoms with Gasteiger partial charge in [-0.2, -0.15) is 0 Å². The van der Waals surface area contributed by atoms with Crippen molar-refractivity contribution in [2.45, 2.75) is 17.8 Å². The van der Waals surface area contributed by atoms with Gasteiger partial charge in [-0.15, -0.1) is 0 Å². The van der Waals surface area contributed by atoms with Crippen LogP contribution >= 0.6 is 23.4 Å². The Morgan fingerprint density at radius 3 is 2.55 bits per heavy atom. The third-order valence-electron chi connectivity index (χ3n) is 4.51. The molecule has 0 amide bonds. The number of carbonyl (C=O) groups excluding carboxylic acids is 1. The van der Waals surface area contributed by atoms with Crippen molar-refractivity contribution >= 4 is 40.5 Å². The van der Waals surface area contributed by atoms with Crippen molar-refractivity contribution in [2.24, 2.45) is 14.1 Å². The minimum absolute atomic E-state index is 0.0406. The molecule has 1 atom stereocenters. The molecule has 0 bridgehead atoms. The van der Waals surface area contributed by atoms with Crippen molar-refractivity contribution in [1.29, 1.82) is 0 Å². The standard InChI is InChI=1S/C19H21ClN4O6S/c1-22-16-15(17(27)23(2)19(22)28)24(18(21-16)31-10-14(26)29-3)8-12(25)9-30-13-6-4-11(20)5-7-13/h4-7,12,25H,8-10H2,1-3H3/t12-/m1/s1. The zero-order valence-electron chi connectivity index (χ0n) is 17.1. The maximum absolute atomic E-state index is 12.8. The maximum atomic E-state index is 12.8. The summed E-state index contributed by atoms with van der Waals surface area (Å²) in [4.78, 5) is 41.0. The highest BCUT2D eigenvalue weighted by atomic mass is 35.5. The van der Waals surface area contributed by atoms with Crippen LogP contribution in [0.5, 0.6) is 5.75 Å². The number of halogens is 1. The highest BCUT2D eigenvalue weighted by Gasteiger charge is 2.22. The van der Waals surface area contributed by atoms with Gasteiger partial charge in [0, 0.05) is 19.1 Å². The number of aryl methyl sites for hydroxylation is 1. The highest BCUT2D eigenvalue weighted by Crippen LogP contribution is 2.22. The fourth-order valence-corrected chi connectivity index (χ4v) is 3.84. The number of rotatable bonds is 8. The molecule has 0 fully saturated rings. The van der Waals surface area contributed by atoms with Crippen molar-refractivity contribution in [1.82, 2.24) is 18.7 Å². The maximum Gasteiger partial charge on any atom is 0.332 e. The lowest BCUT2D eigenvalue weighted by Gasteiger charge is -2.15. The van der Waals surface area contributed by atoms with Gasteiger partial charge in [-0.25, -0.2) is 9.78 Å². The first-order valence-corrected chi connectivity index (χ1v) is 10.5. The van der Waals surface area contributed by atoms with E-state index in [4.69, 9.17) is 16.3 Å². The number of nitrogens with zero attached hydrogens (tertiary/aromatic N) is 4. The normalized spacial score (nSPS) is 12.2. The van der Waals surface area contributed by atoms with Crippen LogP contribution in [0.2, 0.25) is 5.02 Å². The molecule has 0 saturated heterocycles. The van der Waals surface area contributed by atoms with E-state index in [-0.39, 0.29) is 30.1 Å². The van der Waals surface area contributed by atoms with Crippen molar-refractivity contribution in [3.05, 3.63) is 50.1 Å². The molecule has 0 radical (unpaired) electrons. The fraction of sp³-hybridized carbons (Fsp3) is 0.368. The van der Waals surface area contributed by atoms with Crippen LogP contribution < -0.4 is 16.0 Å². The number of esters is 1. The molecule has 2 heterocycles. The number of thioether (sulfide) groups is 1. The summed E-state index contributed by atoms with van der Waals surface area (Å²) >= 11 is 6.89. The number of carbonyl (C=O) groups is 1. The molecule has 3 rings (SSSR count). The molecule has 0 unspecified atom stereocenters. The lowest BCUT2D eigenvalue weighted by molar-refractivity contribution is -0.137. The second kappa shape index (κ2) is 9.58. The van der Waals surface area contributed by atoms with Gasteiger partial charge in [0.25, 0.3) is 5.56 Å². The minimum Gasteiger partial charge on any atom is -0.491 e. The van der Waals surface area contributed by atoms with Gasteiger partial charge >= 0.3 is 11.7 Å². The molecular weight excluding hydrogens is 448 g/mol. The van der Waals surface area contributed by atoms with Gasteiger partial charge < -0.3 is 19.1 Å². The van der Waals surface area contributed by atoms with Gasteiger partial charge in [-0.3, -0.25) is 18.7 Å². The fourth-order valence-electron chi connectivity index (χ4n) is 2.88. The SMILES string of the molecule is COC(=O)CSc1nc2c(c(=O)n(C)c(=O)n2C)n1C[C@@H](O)COc1ccc(Cl)cc1. The number of aliphatic hydroxyl groups is 1. The Hall–Kier alpha value is -2.76. The zero-order valence-corrected chi connectivity index (χ0v) is 18.6. The predicted molar refractivity (Wildman–Crippen MR) is 116 cm³/mol. The van der Waals surface area contributed by atoms with Crippen LogP contribution in [-0.4, -0.2) is 55.3 Å². The van der Waals surface area contributed by atoms with Gasteiger partial charge in [0.15, 0.2) is 16.3 Å². The van der Waals surface area contributed by atoms with Crippen molar-refractivity contribution in [3.8, 4) is 5.75 Å². The Morgan fingerprint density at radius 1 is 1.23 bits per heavy atom. The summed E-state index contributed by atoms with van der Waals surface area (Å²) in [5.74, 6) is 0.000371. The molecule has 31 heavy (non-hydrogen) atoms. The van der Waals surface area contributed by atoms with Crippen molar-refractivity contribution in [3.63, 3.8) is 0 Å². The van der Waals surface area contributed by atoms with Gasteiger partial charge in [-0.05, 0) is 24.3 Å². The number of ether oxygens (including phenoxy) is 2. The highest BCUT2D eigenvalue weighted by molar-refractivity contribution is 7.99. The smallest absolute Gasteiger partial charge is 0.332 e. The van der Waals surface area contributed by atoms with E-state index in [1.54, 1.807) is 24.3 Å². The Bertz CT molecular complexity index is 1220. The van der Waals surface area contributed by atoms with Crippen LogP contribution in [0.25, 0.3) is 11.2 Å². The average Bonchev–Trinajstić information content (AvgIpc) is 3.12. The quantitative estimate of drug-likeness (QED) is 0.381. The molecule has 0 spiro atoms. The molecule has 2 aromatic heterocycles. The number of hydrogen-bond donors (Lipinski definition) is 1. The van der Waals surface area contributed by atoms with Crippen LogP contribution in [-0.2, 0) is 30.2 Å². The van der Waals surface area contributed by atoms with E-state index in [0.29, 0.717) is 15.9 Å². The molecule has 166 valence electrons. The molecule has 12 heteroatoms. The summed E-state index contributed by atoms with van der Waals surface area (Å²) in [6.07, 6.45) is -1.01. The third-order valence-corrected chi connectivity index (χ3v) is 5.71. The second-order valence-electron chi connectivity index (χ2n) is 6.67. The number of fused-ring (bicyclic) bond motifs is 1. The van der Waals surface area contributed by atoms with Crippen LogP contribution in [0, 0.1) is 0 Å². The average molecular weight is 469 g/mol. The number of aliphatic hydroxyl groups excluding tert-OH is 1. The first-order valence-electron chi connectivity index (χ1n) is 9.15. The lowest BCUT2D eigenvalue weighted by Crippen LogP contribution is -2.38. The van der Waals surface area contributed by atoms with E-state index < -0.39 is 23.3 Å². The zero-order chi connectivity index (χ0) is 22.7. The Morgan fingerprint density at radius 2 is 1.90 bits per heavy atom. The Balaban J connectivity index is 1.93. The summed E-state index contributed by atoms with van der Waals surface area (Å²) in [7, 11) is 4.13. The molecule has 0 aliphatic rings. The van der Waals surface area contributed by atoms with E-state index in [1.165, 1.54) is 30.3 Å². The van der Waals surface area contributed by atoms with Gasteiger partial charge in [0.1, 0.15) is 18.5 Å². The molecule has 10 nitrogen and oxygen atoms in total. The summed E-state index contributed by atoms with van der Waals surface area (Å²) in [6.45, 7) is -0.102. The van der Waals surface area contributed by atoms with Crippen LogP contribution in [0.3, 0.4) is 0 Å². The molecule has 1 N–H and O–H groups in total. The number of hydrogen-bond acceptors (Lipinski definition) is 8. The molecule has 0 aliphatic carbocycles. The number of aromatic nitrogens is 4. The van der Waals surface area contributed by atoms with Crippen LogP contribution in [0.15, 0.2) is 39.0 Å². The molecule has 0 saturated carbocycles. The summed E-state index contributed by atoms with van der Waals surface area (Å²) in [6, 6.07) is 6.67. The first kappa shape index (κ1) is 22.9. The predicted octanol–water partition coefficient (Wildman–Crippen LogP) is 0.792. The topological polar surface area (TPSA) is 118 Å². The summed E-state index contributed by atoms with van der Waals surface area (Å²) in [5.41, 5.74) is -0.784. The Labute approximate surface area is 186 Å². The molecule has 3 aromatic rings. The monoisotopic (exact) mass is 468 g/mol. The van der Waals surface area contributed by atoms with E-state index in [1.807, 2.05) is 0 Å². The molecule has 0 aliphatic heterocycles. The van der Waals surface area contributed by atoms with Crippen molar-refractivity contribution < 1.29 is 19.4 Å². The number of imidazole rings is 1. The minimum atomic E-state index is -1.01. The largest absolute Gasteiger partial charge is 0.491 e. The van der Waals surface area contributed by atoms with Crippen LogP contribution in [0.4, 0.5) is 0 Å². The van der Waals surface area contributed by atoms with Gasteiger partial charge in [0.2, 0.25) is 0 Å². The van der Waals surface area contributed by atoms with E-state index in [9.17, 15) is 19.5 Å². The van der Waals surface area contributed by atoms with Gasteiger partial charge in [-0.1, -0.05) is 23.4 Å². The number of benzene rings is 1. The van der Waals surface area contributed by atoms with Crippen molar-refractivity contribution in [2.75, 3.05) is 19.5 Å². The number of methoxy groups -OCH3 is 1.